The van der Waals surface area contributed by atoms with E-state index in [0.29, 0.717) is 19.6 Å². The lowest BCUT2D eigenvalue weighted by Crippen LogP contribution is -2.29. The van der Waals surface area contributed by atoms with Gasteiger partial charge in [-0.15, -0.1) is 0 Å². The van der Waals surface area contributed by atoms with E-state index in [9.17, 15) is 14.7 Å². The summed E-state index contributed by atoms with van der Waals surface area (Å²) in [5, 5.41) is 9.53. The van der Waals surface area contributed by atoms with E-state index in [2.05, 4.69) is 25.7 Å². The fourth-order valence-corrected chi connectivity index (χ4v) is 6.80. The Labute approximate surface area is 317 Å². The zero-order valence-electron chi connectivity index (χ0n) is 34.4. The SMILES string of the molecule is CCCCCCCCCCOC(=O)OCCCCCCN(CCO)CCCCCCCC(=O)OC(CCCCCCCC)CCCCCCCC. The van der Waals surface area contributed by atoms with Gasteiger partial charge in [-0.25, -0.2) is 4.79 Å². The Balaban J connectivity index is 3.92. The molecule has 0 rings (SSSR count). The van der Waals surface area contributed by atoms with E-state index in [1.165, 1.54) is 116 Å². The van der Waals surface area contributed by atoms with Crippen LogP contribution >= 0.6 is 0 Å². The lowest BCUT2D eigenvalue weighted by molar-refractivity contribution is -0.150. The summed E-state index contributed by atoms with van der Waals surface area (Å²) in [6.45, 7) is 10.6. The molecule has 0 aliphatic heterocycles. The topological polar surface area (TPSA) is 85.3 Å². The average molecular weight is 726 g/mol. The molecule has 0 saturated heterocycles. The Morgan fingerprint density at radius 1 is 0.471 bits per heavy atom. The predicted molar refractivity (Wildman–Crippen MR) is 215 cm³/mol. The van der Waals surface area contributed by atoms with Crippen LogP contribution < -0.4 is 0 Å². The van der Waals surface area contributed by atoms with Gasteiger partial charge in [-0.2, -0.15) is 0 Å². The predicted octanol–water partition coefficient (Wildman–Crippen LogP) is 12.9. The molecule has 0 heterocycles. The van der Waals surface area contributed by atoms with Gasteiger partial charge in [0.1, 0.15) is 6.10 Å². The third-order valence-corrected chi connectivity index (χ3v) is 10.1. The van der Waals surface area contributed by atoms with Crippen LogP contribution in [0.2, 0.25) is 0 Å². The minimum absolute atomic E-state index is 0.00617. The molecule has 0 spiro atoms. The summed E-state index contributed by atoms with van der Waals surface area (Å²) < 4.78 is 16.4. The van der Waals surface area contributed by atoms with Crippen LogP contribution in [0.15, 0.2) is 0 Å². The molecule has 304 valence electrons. The lowest BCUT2D eigenvalue weighted by atomic mass is 10.0. The Hall–Kier alpha value is -1.34. The normalized spacial score (nSPS) is 11.5. The fourth-order valence-electron chi connectivity index (χ4n) is 6.80. The van der Waals surface area contributed by atoms with Crippen LogP contribution in [-0.2, 0) is 19.0 Å². The summed E-state index contributed by atoms with van der Waals surface area (Å²) in [6.07, 6.45) is 36.8. The fraction of sp³-hybridized carbons (Fsp3) is 0.955. The molecule has 0 radical (unpaired) electrons. The molecule has 0 aliphatic carbocycles. The van der Waals surface area contributed by atoms with Gasteiger partial charge in [0, 0.05) is 13.0 Å². The van der Waals surface area contributed by atoms with Crippen LogP contribution in [0.4, 0.5) is 4.79 Å². The summed E-state index contributed by atoms with van der Waals surface area (Å²) in [7, 11) is 0. The monoisotopic (exact) mass is 726 g/mol. The Bertz CT molecular complexity index is 704. The number of aliphatic hydroxyl groups excluding tert-OH is 1. The molecule has 51 heavy (non-hydrogen) atoms. The largest absolute Gasteiger partial charge is 0.508 e. The van der Waals surface area contributed by atoms with Gasteiger partial charge in [-0.1, -0.05) is 162 Å². The average Bonchev–Trinajstić information content (AvgIpc) is 3.12. The van der Waals surface area contributed by atoms with Gasteiger partial charge < -0.3 is 24.2 Å². The highest BCUT2D eigenvalue weighted by Gasteiger charge is 2.14. The second-order valence-corrected chi connectivity index (χ2v) is 15.1. The summed E-state index contributed by atoms with van der Waals surface area (Å²) in [6, 6.07) is 0. The molecule has 0 aromatic heterocycles. The number of hydrogen-bond acceptors (Lipinski definition) is 7. The van der Waals surface area contributed by atoms with Crippen LogP contribution in [-0.4, -0.2) is 67.7 Å². The van der Waals surface area contributed by atoms with Crippen molar-refractivity contribution >= 4 is 12.1 Å². The number of esters is 1. The van der Waals surface area contributed by atoms with E-state index < -0.39 is 6.16 Å². The number of carbonyl (C=O) groups is 2. The van der Waals surface area contributed by atoms with E-state index >= 15 is 0 Å². The van der Waals surface area contributed by atoms with Crippen LogP contribution in [0.1, 0.15) is 226 Å². The highest BCUT2D eigenvalue weighted by atomic mass is 16.7. The highest BCUT2D eigenvalue weighted by Crippen LogP contribution is 2.18. The number of nitrogens with zero attached hydrogens (tertiary/aromatic N) is 1. The number of ether oxygens (including phenoxy) is 3. The molecule has 0 amide bonds. The zero-order chi connectivity index (χ0) is 37.3. The van der Waals surface area contributed by atoms with Crippen molar-refractivity contribution in [3.63, 3.8) is 0 Å². The van der Waals surface area contributed by atoms with Crippen molar-refractivity contribution in [3.05, 3.63) is 0 Å². The minimum Gasteiger partial charge on any atom is -0.462 e. The van der Waals surface area contributed by atoms with Crippen molar-refractivity contribution in [2.75, 3.05) is 39.5 Å². The molecular weight excluding hydrogens is 638 g/mol. The number of rotatable bonds is 41. The Morgan fingerprint density at radius 3 is 1.27 bits per heavy atom. The third kappa shape index (κ3) is 38.2. The smallest absolute Gasteiger partial charge is 0.462 e. The quantitative estimate of drug-likeness (QED) is 0.0496. The number of aliphatic hydroxyl groups is 1. The molecule has 0 aliphatic rings. The Kier molecular flexibility index (Phi) is 40.3. The molecule has 0 bridgehead atoms. The van der Waals surface area contributed by atoms with Crippen molar-refractivity contribution in [2.45, 2.75) is 232 Å². The van der Waals surface area contributed by atoms with Crippen LogP contribution in [0.5, 0.6) is 0 Å². The molecule has 1 N–H and O–H groups in total. The molecule has 0 atom stereocenters. The maximum Gasteiger partial charge on any atom is 0.508 e. The number of unbranched alkanes of at least 4 members (excludes halogenated alkanes) is 24. The molecule has 0 unspecified atom stereocenters. The molecule has 0 fully saturated rings. The molecule has 7 heteroatoms. The zero-order valence-corrected chi connectivity index (χ0v) is 34.4. The first-order chi connectivity index (χ1) is 25.1. The Morgan fingerprint density at radius 2 is 0.843 bits per heavy atom. The van der Waals surface area contributed by atoms with E-state index in [1.54, 1.807) is 0 Å². The number of hydrogen-bond donors (Lipinski definition) is 1. The summed E-state index contributed by atoms with van der Waals surface area (Å²) >= 11 is 0. The van der Waals surface area contributed by atoms with Crippen molar-refractivity contribution < 1.29 is 28.9 Å². The standard InChI is InChI=1S/C44H87NO6/c1-4-7-10-13-16-17-24-31-40-49-44(48)50-41-32-25-23-30-37-45(38-39-46)36-29-22-18-21-28-35-43(47)51-42(33-26-19-14-11-8-5-2)34-27-20-15-12-9-6-3/h42,46H,4-41H2,1-3H3. The van der Waals surface area contributed by atoms with Crippen LogP contribution in [0.25, 0.3) is 0 Å². The highest BCUT2D eigenvalue weighted by molar-refractivity contribution is 5.69. The van der Waals surface area contributed by atoms with Gasteiger partial charge in [0.05, 0.1) is 19.8 Å². The maximum atomic E-state index is 12.7. The van der Waals surface area contributed by atoms with E-state index in [4.69, 9.17) is 14.2 Å². The first-order valence-corrected chi connectivity index (χ1v) is 22.4. The number of carbonyl (C=O) groups excluding carboxylic acids is 2. The molecule has 0 saturated carbocycles. The molecule has 0 aromatic rings. The van der Waals surface area contributed by atoms with Gasteiger partial charge in [-0.3, -0.25) is 4.79 Å². The van der Waals surface area contributed by atoms with Crippen molar-refractivity contribution in [3.8, 4) is 0 Å². The van der Waals surface area contributed by atoms with Gasteiger partial charge in [0.15, 0.2) is 0 Å². The molecular formula is C44H87NO6. The van der Waals surface area contributed by atoms with Crippen LogP contribution in [0.3, 0.4) is 0 Å². The second kappa shape index (κ2) is 41.4. The third-order valence-electron chi connectivity index (χ3n) is 10.1. The van der Waals surface area contributed by atoms with Crippen molar-refractivity contribution in [1.82, 2.24) is 4.90 Å². The first kappa shape index (κ1) is 49.7. The van der Waals surface area contributed by atoms with Crippen molar-refractivity contribution in [1.29, 1.82) is 0 Å². The summed E-state index contributed by atoms with van der Waals surface area (Å²) in [5.41, 5.74) is 0. The lowest BCUT2D eigenvalue weighted by Gasteiger charge is -2.21. The summed E-state index contributed by atoms with van der Waals surface area (Å²) in [5.74, 6) is 0.00617. The van der Waals surface area contributed by atoms with Gasteiger partial charge in [0.2, 0.25) is 0 Å². The summed E-state index contributed by atoms with van der Waals surface area (Å²) in [4.78, 5) is 26.8. The van der Waals surface area contributed by atoms with E-state index in [1.807, 2.05) is 0 Å². The second-order valence-electron chi connectivity index (χ2n) is 15.1. The van der Waals surface area contributed by atoms with Gasteiger partial charge in [0.25, 0.3) is 0 Å². The maximum absolute atomic E-state index is 12.7. The van der Waals surface area contributed by atoms with Gasteiger partial charge >= 0.3 is 12.1 Å². The van der Waals surface area contributed by atoms with Crippen molar-refractivity contribution in [2.24, 2.45) is 0 Å². The molecule has 7 nitrogen and oxygen atoms in total. The molecule has 0 aromatic carbocycles. The minimum atomic E-state index is -0.529. The van der Waals surface area contributed by atoms with Crippen LogP contribution in [0, 0.1) is 0 Å². The van der Waals surface area contributed by atoms with E-state index in [-0.39, 0.29) is 18.7 Å². The van der Waals surface area contributed by atoms with E-state index in [0.717, 1.165) is 103 Å². The first-order valence-electron chi connectivity index (χ1n) is 22.4. The van der Waals surface area contributed by atoms with Gasteiger partial charge in [-0.05, 0) is 70.9 Å².